The number of rotatable bonds is 1. The highest BCUT2D eigenvalue weighted by molar-refractivity contribution is 5.73. The summed E-state index contributed by atoms with van der Waals surface area (Å²) in [7, 11) is 1.36. The zero-order valence-corrected chi connectivity index (χ0v) is 8.30. The molecule has 0 spiro atoms. The Morgan fingerprint density at radius 3 is 2.06 bits per heavy atom. The molecule has 9 heteroatoms. The van der Waals surface area contributed by atoms with Crippen LogP contribution >= 0.6 is 0 Å². The van der Waals surface area contributed by atoms with Crippen LogP contribution < -0.4 is 10.6 Å². The van der Waals surface area contributed by atoms with Crippen molar-refractivity contribution in [2.75, 3.05) is 20.2 Å². The zero-order valence-electron chi connectivity index (χ0n) is 8.30. The summed E-state index contributed by atoms with van der Waals surface area (Å²) in [5.41, 5.74) is 0. The third kappa shape index (κ3) is 6.06. The number of halogens is 3. The number of hydrogen-bond acceptors (Lipinski definition) is 4. The minimum atomic E-state index is -5.08. The molecule has 16 heavy (non-hydrogen) atoms. The fourth-order valence-corrected chi connectivity index (χ4v) is 0.616. The standard InChI is InChI=1S/C5H10N2O2.C2HF3O2/c1-9-5(8)7-4-2-6-3-4;3-2(4,5)1(6)7/h4,6H,2-3H2,1H3,(H,7,8);(H,6,7). The van der Waals surface area contributed by atoms with Gasteiger partial charge in [0.2, 0.25) is 0 Å². The molecule has 0 unspecified atom stereocenters. The molecule has 1 amide bonds. The van der Waals surface area contributed by atoms with E-state index in [1.807, 2.05) is 0 Å². The molecule has 0 aromatic rings. The second kappa shape index (κ2) is 6.16. The monoisotopic (exact) mass is 244 g/mol. The number of hydrogen-bond donors (Lipinski definition) is 3. The van der Waals surface area contributed by atoms with Crippen LogP contribution in [0.25, 0.3) is 0 Å². The summed E-state index contributed by atoms with van der Waals surface area (Å²) in [6.07, 6.45) is -5.43. The van der Waals surface area contributed by atoms with Gasteiger partial charge in [-0.2, -0.15) is 13.2 Å². The third-order valence-corrected chi connectivity index (χ3v) is 1.53. The van der Waals surface area contributed by atoms with E-state index < -0.39 is 12.1 Å². The second-order valence-corrected chi connectivity index (χ2v) is 2.79. The molecule has 0 aliphatic carbocycles. The molecule has 0 aromatic heterocycles. The predicted molar refractivity (Wildman–Crippen MR) is 45.9 cm³/mol. The van der Waals surface area contributed by atoms with Crippen molar-refractivity contribution in [3.63, 3.8) is 0 Å². The number of amides is 1. The largest absolute Gasteiger partial charge is 0.490 e. The number of alkyl halides is 3. The van der Waals surface area contributed by atoms with E-state index in [1.165, 1.54) is 7.11 Å². The molecular weight excluding hydrogens is 233 g/mol. The molecule has 1 rings (SSSR count). The lowest BCUT2D eigenvalue weighted by Crippen LogP contribution is -2.56. The van der Waals surface area contributed by atoms with Crippen LogP contribution in [0.1, 0.15) is 0 Å². The number of ether oxygens (including phenoxy) is 1. The number of carboxylic acid groups (broad SMARTS) is 1. The maximum absolute atomic E-state index is 10.6. The molecule has 6 nitrogen and oxygen atoms in total. The SMILES string of the molecule is COC(=O)NC1CNC1.O=C(O)C(F)(F)F. The Hall–Kier alpha value is -1.51. The molecule has 1 saturated heterocycles. The number of carbonyl (C=O) groups is 2. The predicted octanol–water partition coefficient (Wildman–Crippen LogP) is -0.0525. The number of aliphatic carboxylic acids is 1. The first-order chi connectivity index (χ1) is 7.27. The van der Waals surface area contributed by atoms with Crippen molar-refractivity contribution in [1.82, 2.24) is 10.6 Å². The van der Waals surface area contributed by atoms with Gasteiger partial charge in [-0.1, -0.05) is 0 Å². The van der Waals surface area contributed by atoms with E-state index in [2.05, 4.69) is 15.4 Å². The number of carboxylic acids is 1. The van der Waals surface area contributed by atoms with Crippen molar-refractivity contribution >= 4 is 12.1 Å². The van der Waals surface area contributed by atoms with Gasteiger partial charge in [-0.3, -0.25) is 0 Å². The molecule has 0 atom stereocenters. The first kappa shape index (κ1) is 14.5. The topological polar surface area (TPSA) is 87.7 Å². The lowest BCUT2D eigenvalue weighted by atomic mass is 10.2. The normalized spacial score (nSPS) is 15.2. The van der Waals surface area contributed by atoms with Gasteiger partial charge in [0.25, 0.3) is 0 Å². The highest BCUT2D eigenvalue weighted by atomic mass is 19.4. The highest BCUT2D eigenvalue weighted by Crippen LogP contribution is 2.13. The van der Waals surface area contributed by atoms with Crippen LogP contribution in [-0.4, -0.2) is 49.6 Å². The molecule has 94 valence electrons. The van der Waals surface area contributed by atoms with E-state index in [0.717, 1.165) is 13.1 Å². The second-order valence-electron chi connectivity index (χ2n) is 2.79. The Balaban J connectivity index is 0.000000293. The van der Waals surface area contributed by atoms with Gasteiger partial charge in [0.1, 0.15) is 0 Å². The molecule has 1 aliphatic heterocycles. The highest BCUT2D eigenvalue weighted by Gasteiger charge is 2.38. The molecular formula is C7H11F3N2O4. The first-order valence-electron chi connectivity index (χ1n) is 4.12. The van der Waals surface area contributed by atoms with E-state index in [-0.39, 0.29) is 12.1 Å². The molecule has 1 aliphatic rings. The quantitative estimate of drug-likeness (QED) is 0.601. The summed E-state index contributed by atoms with van der Waals surface area (Å²) in [4.78, 5) is 19.3. The van der Waals surface area contributed by atoms with Crippen molar-refractivity contribution in [1.29, 1.82) is 0 Å². The van der Waals surface area contributed by atoms with Crippen LogP contribution in [0.4, 0.5) is 18.0 Å². The lowest BCUT2D eigenvalue weighted by molar-refractivity contribution is -0.192. The summed E-state index contributed by atoms with van der Waals surface area (Å²) in [5, 5.41) is 12.8. The number of carbonyl (C=O) groups excluding carboxylic acids is 1. The van der Waals surface area contributed by atoms with E-state index in [9.17, 15) is 18.0 Å². The summed E-state index contributed by atoms with van der Waals surface area (Å²) in [5.74, 6) is -2.76. The summed E-state index contributed by atoms with van der Waals surface area (Å²) < 4.78 is 36.1. The number of methoxy groups -OCH3 is 1. The Morgan fingerprint density at radius 2 is 1.88 bits per heavy atom. The van der Waals surface area contributed by atoms with Gasteiger partial charge in [0, 0.05) is 13.1 Å². The van der Waals surface area contributed by atoms with Crippen LogP contribution in [0.3, 0.4) is 0 Å². The van der Waals surface area contributed by atoms with E-state index in [0.29, 0.717) is 0 Å². The Kier molecular flexibility index (Phi) is 5.57. The van der Waals surface area contributed by atoms with Crippen LogP contribution in [0, 0.1) is 0 Å². The molecule has 0 radical (unpaired) electrons. The van der Waals surface area contributed by atoms with Crippen LogP contribution in [-0.2, 0) is 9.53 Å². The fraction of sp³-hybridized carbons (Fsp3) is 0.714. The Bertz CT molecular complexity index is 253. The van der Waals surface area contributed by atoms with Crippen molar-refractivity contribution in [3.05, 3.63) is 0 Å². The first-order valence-corrected chi connectivity index (χ1v) is 4.12. The van der Waals surface area contributed by atoms with Gasteiger partial charge < -0.3 is 20.5 Å². The van der Waals surface area contributed by atoms with Gasteiger partial charge in [0.15, 0.2) is 0 Å². The van der Waals surface area contributed by atoms with Gasteiger partial charge in [-0.25, -0.2) is 9.59 Å². The lowest BCUT2D eigenvalue weighted by Gasteiger charge is -2.26. The molecule has 3 N–H and O–H groups in total. The Morgan fingerprint density at radius 1 is 1.44 bits per heavy atom. The van der Waals surface area contributed by atoms with Crippen LogP contribution in [0.5, 0.6) is 0 Å². The van der Waals surface area contributed by atoms with Crippen LogP contribution in [0.15, 0.2) is 0 Å². The van der Waals surface area contributed by atoms with Gasteiger partial charge in [0.05, 0.1) is 13.2 Å². The smallest absolute Gasteiger partial charge is 0.475 e. The summed E-state index contributed by atoms with van der Waals surface area (Å²) in [6, 6.07) is 0.275. The summed E-state index contributed by atoms with van der Waals surface area (Å²) >= 11 is 0. The fourth-order valence-electron chi connectivity index (χ4n) is 0.616. The van der Waals surface area contributed by atoms with Crippen molar-refractivity contribution < 1.29 is 32.6 Å². The number of nitrogens with one attached hydrogen (secondary N) is 2. The van der Waals surface area contributed by atoms with Crippen LogP contribution in [0.2, 0.25) is 0 Å². The average molecular weight is 244 g/mol. The third-order valence-electron chi connectivity index (χ3n) is 1.53. The molecule has 0 bridgehead atoms. The van der Waals surface area contributed by atoms with E-state index in [1.54, 1.807) is 0 Å². The van der Waals surface area contributed by atoms with Gasteiger partial charge in [-0.05, 0) is 0 Å². The van der Waals surface area contributed by atoms with Gasteiger partial charge >= 0.3 is 18.2 Å². The minimum Gasteiger partial charge on any atom is -0.475 e. The van der Waals surface area contributed by atoms with Crippen molar-refractivity contribution in [2.45, 2.75) is 12.2 Å². The molecule has 0 aromatic carbocycles. The minimum absolute atomic E-state index is 0.275. The summed E-state index contributed by atoms with van der Waals surface area (Å²) in [6.45, 7) is 1.71. The van der Waals surface area contributed by atoms with Crippen molar-refractivity contribution in [3.8, 4) is 0 Å². The van der Waals surface area contributed by atoms with Crippen molar-refractivity contribution in [2.24, 2.45) is 0 Å². The molecule has 1 fully saturated rings. The Labute approximate surface area is 88.8 Å². The zero-order chi connectivity index (χ0) is 12.8. The molecule has 0 saturated carbocycles. The van der Waals surface area contributed by atoms with E-state index >= 15 is 0 Å². The average Bonchev–Trinajstić information content (AvgIpc) is 2.10. The van der Waals surface area contributed by atoms with Gasteiger partial charge in [-0.15, -0.1) is 0 Å². The van der Waals surface area contributed by atoms with E-state index in [4.69, 9.17) is 9.90 Å². The molecule has 1 heterocycles. The number of alkyl carbamates (subject to hydrolysis) is 1. The maximum atomic E-state index is 10.6. The maximum Gasteiger partial charge on any atom is 0.490 e.